The molecule has 0 amide bonds. The Morgan fingerprint density at radius 1 is 0.435 bits per heavy atom. The predicted octanol–water partition coefficient (Wildman–Crippen LogP) is 10.0. The smallest absolute Gasteiger partial charge is 0.238 e. The zero-order valence-corrected chi connectivity index (χ0v) is 25.5. The minimum atomic E-state index is 0.592. The molecular formula is C41H29N5. The first-order chi connectivity index (χ1) is 22.6. The largest absolute Gasteiger partial charge is 0.309 e. The van der Waals surface area contributed by atoms with Gasteiger partial charge in [0.05, 0.1) is 22.1 Å². The molecule has 9 aromatic rings. The van der Waals surface area contributed by atoms with Crippen molar-refractivity contribution < 1.29 is 0 Å². The average molecular weight is 592 g/mol. The minimum absolute atomic E-state index is 0.592. The molecule has 0 fully saturated rings. The molecule has 5 heteroatoms. The monoisotopic (exact) mass is 591 g/mol. The third-order valence-corrected chi connectivity index (χ3v) is 8.87. The molecule has 0 radical (unpaired) electrons. The van der Waals surface area contributed by atoms with Crippen LogP contribution in [0.1, 0.15) is 11.1 Å². The Kier molecular flexibility index (Phi) is 5.87. The van der Waals surface area contributed by atoms with Crippen molar-refractivity contribution in [2.45, 2.75) is 13.8 Å². The van der Waals surface area contributed by atoms with E-state index in [1.165, 1.54) is 43.7 Å². The summed E-state index contributed by atoms with van der Waals surface area (Å²) in [7, 11) is 0. The first kappa shape index (κ1) is 26.3. The fraction of sp³-hybridized carbons (Fsp3) is 0.0488. The minimum Gasteiger partial charge on any atom is -0.309 e. The Hall–Kier alpha value is -6.07. The van der Waals surface area contributed by atoms with Crippen LogP contribution in [0.4, 0.5) is 0 Å². The highest BCUT2D eigenvalue weighted by atomic mass is 15.2. The average Bonchev–Trinajstić information content (AvgIpc) is 3.61. The van der Waals surface area contributed by atoms with Gasteiger partial charge in [0, 0.05) is 38.4 Å². The normalized spacial score (nSPS) is 11.7. The predicted molar refractivity (Wildman–Crippen MR) is 189 cm³/mol. The van der Waals surface area contributed by atoms with E-state index in [-0.39, 0.29) is 0 Å². The molecule has 0 bridgehead atoms. The summed E-state index contributed by atoms with van der Waals surface area (Å²) in [6.45, 7) is 4.32. The zero-order valence-electron chi connectivity index (χ0n) is 25.5. The second-order valence-electron chi connectivity index (χ2n) is 11.9. The van der Waals surface area contributed by atoms with Gasteiger partial charge in [0.15, 0.2) is 11.6 Å². The van der Waals surface area contributed by atoms with E-state index in [1.807, 2.05) is 60.7 Å². The second kappa shape index (κ2) is 10.2. The van der Waals surface area contributed by atoms with Crippen LogP contribution < -0.4 is 0 Å². The van der Waals surface area contributed by atoms with E-state index in [2.05, 4.69) is 102 Å². The number of para-hydroxylation sites is 1. The summed E-state index contributed by atoms with van der Waals surface area (Å²) in [5, 5.41) is 4.81. The summed E-state index contributed by atoms with van der Waals surface area (Å²) in [4.78, 5) is 15.2. The molecule has 218 valence electrons. The van der Waals surface area contributed by atoms with E-state index in [1.54, 1.807) is 0 Å². The van der Waals surface area contributed by atoms with Crippen LogP contribution >= 0.6 is 0 Å². The lowest BCUT2D eigenvalue weighted by Gasteiger charge is -2.11. The van der Waals surface area contributed by atoms with Gasteiger partial charge in [-0.25, -0.2) is 4.98 Å². The number of fused-ring (bicyclic) bond motifs is 7. The molecule has 0 N–H and O–H groups in total. The van der Waals surface area contributed by atoms with Gasteiger partial charge in [-0.05, 0) is 56.3 Å². The molecule has 0 unspecified atom stereocenters. The van der Waals surface area contributed by atoms with Crippen molar-refractivity contribution in [2.24, 2.45) is 0 Å². The highest BCUT2D eigenvalue weighted by molar-refractivity contribution is 6.26. The molecule has 3 heterocycles. The fourth-order valence-electron chi connectivity index (χ4n) is 6.80. The van der Waals surface area contributed by atoms with Crippen LogP contribution in [-0.4, -0.2) is 24.1 Å². The molecule has 0 spiro atoms. The van der Waals surface area contributed by atoms with Crippen LogP contribution in [0.5, 0.6) is 0 Å². The first-order valence-electron chi connectivity index (χ1n) is 15.6. The molecular weight excluding hydrogens is 562 g/mol. The quantitative estimate of drug-likeness (QED) is 0.205. The summed E-state index contributed by atoms with van der Waals surface area (Å²) in [5.74, 6) is 1.87. The molecule has 9 rings (SSSR count). The van der Waals surface area contributed by atoms with Crippen molar-refractivity contribution in [3.8, 4) is 34.4 Å². The summed E-state index contributed by atoms with van der Waals surface area (Å²) in [6, 6.07) is 48.9. The lowest BCUT2D eigenvalue weighted by atomic mass is 10.1. The van der Waals surface area contributed by atoms with Gasteiger partial charge in [-0.1, -0.05) is 108 Å². The van der Waals surface area contributed by atoms with Gasteiger partial charge >= 0.3 is 0 Å². The van der Waals surface area contributed by atoms with E-state index in [4.69, 9.17) is 15.0 Å². The van der Waals surface area contributed by atoms with Gasteiger partial charge in [0.25, 0.3) is 0 Å². The molecule has 3 aromatic heterocycles. The van der Waals surface area contributed by atoms with E-state index in [9.17, 15) is 0 Å². The van der Waals surface area contributed by atoms with Gasteiger partial charge < -0.3 is 4.57 Å². The van der Waals surface area contributed by atoms with E-state index >= 15 is 0 Å². The van der Waals surface area contributed by atoms with Crippen molar-refractivity contribution in [1.29, 1.82) is 0 Å². The highest BCUT2D eigenvalue weighted by Gasteiger charge is 2.23. The summed E-state index contributed by atoms with van der Waals surface area (Å²) < 4.78 is 4.62. The van der Waals surface area contributed by atoms with Crippen molar-refractivity contribution in [3.05, 3.63) is 151 Å². The third kappa shape index (κ3) is 4.06. The van der Waals surface area contributed by atoms with Crippen LogP contribution in [0.3, 0.4) is 0 Å². The van der Waals surface area contributed by atoms with Crippen molar-refractivity contribution in [1.82, 2.24) is 24.1 Å². The Balaban J connectivity index is 1.45. The van der Waals surface area contributed by atoms with E-state index in [0.717, 1.165) is 27.8 Å². The zero-order chi connectivity index (χ0) is 30.8. The van der Waals surface area contributed by atoms with Crippen LogP contribution in [0.15, 0.2) is 140 Å². The van der Waals surface area contributed by atoms with Gasteiger partial charge in [0.2, 0.25) is 5.95 Å². The highest BCUT2D eigenvalue weighted by Crippen LogP contribution is 2.42. The third-order valence-electron chi connectivity index (χ3n) is 8.87. The maximum atomic E-state index is 5.14. The molecule has 5 nitrogen and oxygen atoms in total. The number of nitrogens with zero attached hydrogens (tertiary/aromatic N) is 5. The topological polar surface area (TPSA) is 48.5 Å². The van der Waals surface area contributed by atoms with Crippen LogP contribution in [0, 0.1) is 13.8 Å². The van der Waals surface area contributed by atoms with Crippen molar-refractivity contribution in [3.63, 3.8) is 0 Å². The van der Waals surface area contributed by atoms with Gasteiger partial charge in [-0.15, -0.1) is 0 Å². The fourth-order valence-corrected chi connectivity index (χ4v) is 6.80. The van der Waals surface area contributed by atoms with Gasteiger partial charge in [-0.2, -0.15) is 9.97 Å². The standard InChI is InChI=1S/C41H29N5/c1-26-18-21-34-32(24-26)31-20-23-36-37(38(31)45(34)30-16-10-5-11-17-30)33-25-27(2)19-22-35(33)46(36)41-43-39(28-12-6-3-7-13-28)42-40(44-41)29-14-8-4-9-15-29/h3-25H,1-2H3. The maximum Gasteiger partial charge on any atom is 0.238 e. The number of rotatable bonds is 4. The molecule has 0 atom stereocenters. The number of aromatic nitrogens is 5. The lowest BCUT2D eigenvalue weighted by Crippen LogP contribution is -2.06. The Morgan fingerprint density at radius 3 is 1.57 bits per heavy atom. The second-order valence-corrected chi connectivity index (χ2v) is 11.9. The van der Waals surface area contributed by atoms with E-state index in [0.29, 0.717) is 17.6 Å². The van der Waals surface area contributed by atoms with E-state index < -0.39 is 0 Å². The van der Waals surface area contributed by atoms with Crippen LogP contribution in [-0.2, 0) is 0 Å². The maximum absolute atomic E-state index is 5.14. The number of hydrogen-bond acceptors (Lipinski definition) is 3. The summed E-state index contributed by atoms with van der Waals surface area (Å²) >= 11 is 0. The molecule has 0 saturated carbocycles. The molecule has 6 aromatic carbocycles. The number of benzene rings is 6. The van der Waals surface area contributed by atoms with Crippen LogP contribution in [0.2, 0.25) is 0 Å². The first-order valence-corrected chi connectivity index (χ1v) is 15.6. The summed E-state index contributed by atoms with van der Waals surface area (Å²) in [6.07, 6.45) is 0. The Labute approximate surface area is 266 Å². The Bertz CT molecular complexity index is 2520. The molecule has 0 aliphatic rings. The van der Waals surface area contributed by atoms with Gasteiger partial charge in [0.1, 0.15) is 0 Å². The molecule has 46 heavy (non-hydrogen) atoms. The van der Waals surface area contributed by atoms with Gasteiger partial charge in [-0.3, -0.25) is 4.57 Å². The molecule has 0 aliphatic heterocycles. The Morgan fingerprint density at radius 2 is 0.957 bits per heavy atom. The SMILES string of the molecule is Cc1ccc2c(c1)c1c(ccc3c4cc(C)ccc4n(-c4ccccc4)c31)n2-c1nc(-c2ccccc2)nc(-c2ccccc2)n1. The van der Waals surface area contributed by atoms with Crippen LogP contribution in [0.25, 0.3) is 78.0 Å². The van der Waals surface area contributed by atoms with Crippen molar-refractivity contribution >= 4 is 43.6 Å². The molecule has 0 aliphatic carbocycles. The molecule has 0 saturated heterocycles. The number of aryl methyl sites for hydroxylation is 2. The van der Waals surface area contributed by atoms with Crippen molar-refractivity contribution in [2.75, 3.05) is 0 Å². The lowest BCUT2D eigenvalue weighted by molar-refractivity contribution is 0.953. The number of hydrogen-bond donors (Lipinski definition) is 0. The summed E-state index contributed by atoms with van der Waals surface area (Å²) in [5.41, 5.74) is 9.93.